The molecule has 4 aliphatic rings. The lowest BCUT2D eigenvalue weighted by atomic mass is 9.65. The van der Waals surface area contributed by atoms with Crippen LogP contribution in [0.3, 0.4) is 0 Å². The summed E-state index contributed by atoms with van der Waals surface area (Å²) in [4.78, 5) is 38.8. The van der Waals surface area contributed by atoms with Crippen LogP contribution in [0.2, 0.25) is 0 Å². The van der Waals surface area contributed by atoms with Crippen LogP contribution in [0.5, 0.6) is 0 Å². The van der Waals surface area contributed by atoms with E-state index in [1.165, 1.54) is 32.1 Å². The van der Waals surface area contributed by atoms with E-state index in [1.54, 1.807) is 0 Å². The van der Waals surface area contributed by atoms with Gasteiger partial charge in [0.15, 0.2) is 0 Å². The fourth-order valence-corrected chi connectivity index (χ4v) is 7.03. The van der Waals surface area contributed by atoms with Crippen molar-refractivity contribution in [2.75, 3.05) is 45.8 Å². The first-order valence-electron chi connectivity index (χ1n) is 14.3. The van der Waals surface area contributed by atoms with Gasteiger partial charge >= 0.3 is 24.3 Å². The molecule has 15 heteroatoms. The van der Waals surface area contributed by atoms with E-state index in [4.69, 9.17) is 24.2 Å². The maximum Gasteiger partial charge on any atom is 0.490 e. The number of rotatable bonds is 4. The third-order valence-electron chi connectivity index (χ3n) is 9.20. The highest BCUT2D eigenvalue weighted by molar-refractivity contribution is 5.84. The van der Waals surface area contributed by atoms with Crippen molar-refractivity contribution in [1.82, 2.24) is 14.7 Å². The lowest BCUT2D eigenvalue weighted by molar-refractivity contribution is -0.193. The zero-order valence-corrected chi connectivity index (χ0v) is 24.3. The molecule has 0 aromatic carbocycles. The predicted octanol–water partition coefficient (Wildman–Crippen LogP) is 4.79. The Hall–Kier alpha value is -2.81. The standard InChI is InChI=1S/C24H37N3O2.2C2HF3O2/c1-3-25-17-21-23(8-9-24(21,18-25)22(28)27-12-4-5-13-27)10-14-26(15-11-23)16-20-7-6-19(2)29-20;2*3-2(4,5)1(6)7/h6-7,21H,3-5,8-18H2,1-2H3;2*(H,6,7)/t21-,24+;;/m0../s1. The van der Waals surface area contributed by atoms with E-state index in [1.807, 2.05) is 6.92 Å². The van der Waals surface area contributed by atoms with Gasteiger partial charge in [0.2, 0.25) is 5.91 Å². The average Bonchev–Trinajstić information content (AvgIpc) is 3.71. The Morgan fingerprint density at radius 3 is 1.86 bits per heavy atom. The summed E-state index contributed by atoms with van der Waals surface area (Å²) in [6.07, 6.45) is -2.94. The molecule has 2 atom stereocenters. The number of carbonyl (C=O) groups excluding carboxylic acids is 1. The number of likely N-dealkylation sites (tertiary alicyclic amines) is 3. The second-order valence-electron chi connectivity index (χ2n) is 11.8. The Labute approximate surface area is 245 Å². The highest BCUT2D eigenvalue weighted by atomic mass is 19.4. The summed E-state index contributed by atoms with van der Waals surface area (Å²) >= 11 is 0. The van der Waals surface area contributed by atoms with Crippen LogP contribution in [0.4, 0.5) is 26.3 Å². The summed E-state index contributed by atoms with van der Waals surface area (Å²) in [5, 5.41) is 14.2. The van der Waals surface area contributed by atoms with Crippen molar-refractivity contribution >= 4 is 17.8 Å². The van der Waals surface area contributed by atoms with Crippen LogP contribution < -0.4 is 0 Å². The Balaban J connectivity index is 0.000000303. The van der Waals surface area contributed by atoms with Crippen molar-refractivity contribution < 1.29 is 55.4 Å². The van der Waals surface area contributed by atoms with Crippen LogP contribution in [0.25, 0.3) is 0 Å². The number of alkyl halides is 6. The summed E-state index contributed by atoms with van der Waals surface area (Å²) < 4.78 is 69.3. The van der Waals surface area contributed by atoms with Crippen LogP contribution >= 0.6 is 0 Å². The number of aliphatic carboxylic acids is 2. The van der Waals surface area contributed by atoms with Gasteiger partial charge in [-0.05, 0) is 88.5 Å². The molecular weight excluding hydrogens is 588 g/mol. The summed E-state index contributed by atoms with van der Waals surface area (Å²) in [6.45, 7) is 12.7. The fourth-order valence-electron chi connectivity index (χ4n) is 7.03. The van der Waals surface area contributed by atoms with Crippen LogP contribution in [0, 0.1) is 23.7 Å². The molecule has 5 rings (SSSR count). The maximum absolute atomic E-state index is 13.7. The van der Waals surface area contributed by atoms with Crippen LogP contribution in [0.15, 0.2) is 16.5 Å². The number of hydrogen-bond acceptors (Lipinski definition) is 6. The second kappa shape index (κ2) is 13.4. The lowest BCUT2D eigenvalue weighted by Gasteiger charge is -2.44. The minimum Gasteiger partial charge on any atom is -0.475 e. The minimum absolute atomic E-state index is 0.0966. The SMILES string of the molecule is CCN1C[C@H]2C3(CCN(Cc4ccc(C)o4)CC3)CC[C@@]2(C(=O)N2CCCC2)C1.O=C(O)C(F)(F)F.O=C(O)C(F)(F)F. The molecule has 1 aliphatic carbocycles. The van der Waals surface area contributed by atoms with E-state index in [9.17, 15) is 31.1 Å². The van der Waals surface area contributed by atoms with Gasteiger partial charge in [-0.1, -0.05) is 6.92 Å². The molecule has 1 aromatic rings. The molecule has 3 saturated heterocycles. The molecule has 1 aromatic heterocycles. The fraction of sp³-hybridized carbons (Fsp3) is 0.750. The van der Waals surface area contributed by atoms with Gasteiger partial charge in [0.1, 0.15) is 11.5 Å². The highest BCUT2D eigenvalue weighted by Gasteiger charge is 2.64. The van der Waals surface area contributed by atoms with Gasteiger partial charge < -0.3 is 24.4 Å². The van der Waals surface area contributed by atoms with E-state index in [-0.39, 0.29) is 5.41 Å². The van der Waals surface area contributed by atoms with Crippen LogP contribution in [-0.4, -0.2) is 101 Å². The number of piperidine rings is 1. The molecule has 4 fully saturated rings. The number of amides is 1. The summed E-state index contributed by atoms with van der Waals surface area (Å²) in [5.74, 6) is -2.38. The van der Waals surface area contributed by atoms with E-state index in [2.05, 4.69) is 33.8 Å². The summed E-state index contributed by atoms with van der Waals surface area (Å²) in [5.41, 5.74) is 0.273. The van der Waals surface area contributed by atoms with Gasteiger partial charge in [-0.3, -0.25) is 9.69 Å². The summed E-state index contributed by atoms with van der Waals surface area (Å²) in [6, 6.07) is 4.18. The molecule has 2 N–H and O–H groups in total. The van der Waals surface area contributed by atoms with Gasteiger partial charge in [-0.15, -0.1) is 0 Å². The van der Waals surface area contributed by atoms with Crippen LogP contribution in [-0.2, 0) is 20.9 Å². The normalized spacial score (nSPS) is 25.5. The number of halogens is 6. The number of carboxylic acids is 2. The number of furan rings is 1. The number of fused-ring (bicyclic) bond motifs is 2. The highest BCUT2D eigenvalue weighted by Crippen LogP contribution is 2.62. The second-order valence-corrected chi connectivity index (χ2v) is 11.8. The first-order chi connectivity index (χ1) is 19.9. The zero-order chi connectivity index (χ0) is 32.2. The van der Waals surface area contributed by atoms with Gasteiger partial charge in [0.25, 0.3) is 0 Å². The molecule has 0 bridgehead atoms. The van der Waals surface area contributed by atoms with E-state index < -0.39 is 24.3 Å². The zero-order valence-electron chi connectivity index (χ0n) is 24.3. The number of hydrogen-bond donors (Lipinski definition) is 2. The third kappa shape index (κ3) is 8.22. The van der Waals surface area contributed by atoms with Crippen molar-refractivity contribution in [2.45, 2.75) is 71.3 Å². The molecule has 244 valence electrons. The first kappa shape index (κ1) is 34.7. The van der Waals surface area contributed by atoms with E-state index in [0.29, 0.717) is 17.2 Å². The van der Waals surface area contributed by atoms with Gasteiger partial charge in [-0.25, -0.2) is 9.59 Å². The Morgan fingerprint density at radius 1 is 0.884 bits per heavy atom. The number of carboxylic acid groups (broad SMARTS) is 2. The van der Waals surface area contributed by atoms with Gasteiger partial charge in [0.05, 0.1) is 12.0 Å². The van der Waals surface area contributed by atoms with E-state index in [0.717, 1.165) is 70.3 Å². The van der Waals surface area contributed by atoms with Gasteiger partial charge in [0, 0.05) is 26.2 Å². The molecule has 4 heterocycles. The monoisotopic (exact) mass is 627 g/mol. The molecule has 0 radical (unpaired) electrons. The molecule has 1 spiro atoms. The molecule has 1 saturated carbocycles. The smallest absolute Gasteiger partial charge is 0.475 e. The largest absolute Gasteiger partial charge is 0.490 e. The van der Waals surface area contributed by atoms with Crippen molar-refractivity contribution in [1.29, 1.82) is 0 Å². The van der Waals surface area contributed by atoms with Crippen LogP contribution in [0.1, 0.15) is 57.0 Å². The Kier molecular flexibility index (Phi) is 10.8. The quantitative estimate of drug-likeness (QED) is 0.459. The number of carbonyl (C=O) groups is 3. The van der Waals surface area contributed by atoms with Crippen molar-refractivity contribution in [3.8, 4) is 0 Å². The number of aryl methyl sites for hydroxylation is 1. The predicted molar refractivity (Wildman–Crippen MR) is 141 cm³/mol. The maximum atomic E-state index is 13.7. The third-order valence-corrected chi connectivity index (χ3v) is 9.20. The van der Waals surface area contributed by atoms with Crippen molar-refractivity contribution in [2.24, 2.45) is 16.7 Å². The van der Waals surface area contributed by atoms with E-state index >= 15 is 0 Å². The lowest BCUT2D eigenvalue weighted by Crippen LogP contribution is -2.49. The molecular formula is C28H39F6N3O6. The Bertz CT molecular complexity index is 1100. The molecule has 3 aliphatic heterocycles. The topological polar surface area (TPSA) is 115 Å². The van der Waals surface area contributed by atoms with Crippen molar-refractivity contribution in [3.63, 3.8) is 0 Å². The molecule has 1 amide bonds. The molecule has 9 nitrogen and oxygen atoms in total. The molecule has 43 heavy (non-hydrogen) atoms. The van der Waals surface area contributed by atoms with Gasteiger partial charge in [-0.2, -0.15) is 26.3 Å². The first-order valence-corrected chi connectivity index (χ1v) is 14.3. The Morgan fingerprint density at radius 2 is 1.42 bits per heavy atom. The average molecular weight is 628 g/mol. The molecule has 0 unspecified atom stereocenters. The van der Waals surface area contributed by atoms with Crippen molar-refractivity contribution in [3.05, 3.63) is 23.7 Å². The number of nitrogens with zero attached hydrogens (tertiary/aromatic N) is 3. The minimum atomic E-state index is -5.08. The summed E-state index contributed by atoms with van der Waals surface area (Å²) in [7, 11) is 0.